The zero-order chi connectivity index (χ0) is 9.56. The fourth-order valence-electron chi connectivity index (χ4n) is 1.09. The van der Waals surface area contributed by atoms with Gasteiger partial charge in [0.25, 0.3) is 0 Å². The maximum Gasteiger partial charge on any atom is 0.0615 e. The number of likely N-dealkylation sites (N-methyl/N-ethyl adjacent to an activating group) is 1. The minimum atomic E-state index is 0.511. The lowest BCUT2D eigenvalue weighted by Gasteiger charge is -2.26. The third kappa shape index (κ3) is 5.12. The van der Waals surface area contributed by atoms with Crippen LogP contribution in [0, 0.1) is 5.92 Å². The van der Waals surface area contributed by atoms with Crippen LogP contribution in [0.2, 0.25) is 0 Å². The summed E-state index contributed by atoms with van der Waals surface area (Å²) in [6.45, 7) is 6.36. The molecule has 2 nitrogen and oxygen atoms in total. The molecule has 74 valence electrons. The number of ether oxygens (including phenoxy) is 1. The molecule has 2 unspecified atom stereocenters. The van der Waals surface area contributed by atoms with E-state index in [2.05, 4.69) is 41.7 Å². The number of halogens is 1. The monoisotopic (exact) mass is 237 g/mol. The van der Waals surface area contributed by atoms with Gasteiger partial charge in [-0.1, -0.05) is 22.9 Å². The van der Waals surface area contributed by atoms with Crippen molar-refractivity contribution in [2.75, 3.05) is 32.6 Å². The molecule has 0 aliphatic carbocycles. The summed E-state index contributed by atoms with van der Waals surface area (Å²) in [5.41, 5.74) is 0. The Kier molecular flexibility index (Phi) is 7.10. The molecule has 0 radical (unpaired) electrons. The Balaban J connectivity index is 3.62. The van der Waals surface area contributed by atoms with Crippen molar-refractivity contribution < 1.29 is 4.74 Å². The van der Waals surface area contributed by atoms with Crippen LogP contribution >= 0.6 is 15.9 Å². The predicted molar refractivity (Wildman–Crippen MR) is 56.9 cm³/mol. The Bertz CT molecular complexity index is 111. The van der Waals surface area contributed by atoms with Crippen LogP contribution in [-0.4, -0.2) is 43.6 Å². The van der Waals surface area contributed by atoms with Gasteiger partial charge in [0.2, 0.25) is 0 Å². The van der Waals surface area contributed by atoms with E-state index in [1.807, 2.05) is 0 Å². The van der Waals surface area contributed by atoms with Crippen LogP contribution < -0.4 is 0 Å². The van der Waals surface area contributed by atoms with Crippen molar-refractivity contribution in [3.8, 4) is 0 Å². The number of rotatable bonds is 6. The zero-order valence-corrected chi connectivity index (χ0v) is 10.1. The standard InChI is InChI=1S/C9H20BrNO/c1-8(5-10)6-11(3)9(2)7-12-4/h8-9H,5-7H2,1-4H3. The van der Waals surface area contributed by atoms with Crippen molar-refractivity contribution in [3.05, 3.63) is 0 Å². The highest BCUT2D eigenvalue weighted by molar-refractivity contribution is 9.09. The molecule has 0 saturated carbocycles. The zero-order valence-electron chi connectivity index (χ0n) is 8.51. The van der Waals surface area contributed by atoms with E-state index < -0.39 is 0 Å². The van der Waals surface area contributed by atoms with E-state index in [0.29, 0.717) is 12.0 Å². The summed E-state index contributed by atoms with van der Waals surface area (Å²) in [5, 5.41) is 1.07. The van der Waals surface area contributed by atoms with Gasteiger partial charge in [-0.2, -0.15) is 0 Å². The van der Waals surface area contributed by atoms with Gasteiger partial charge < -0.3 is 9.64 Å². The van der Waals surface area contributed by atoms with Gasteiger partial charge in [0, 0.05) is 25.0 Å². The second kappa shape index (κ2) is 6.87. The first kappa shape index (κ1) is 12.4. The average Bonchev–Trinajstić information content (AvgIpc) is 2.04. The summed E-state index contributed by atoms with van der Waals surface area (Å²) < 4.78 is 5.09. The van der Waals surface area contributed by atoms with E-state index in [1.165, 1.54) is 0 Å². The third-order valence-corrected chi connectivity index (χ3v) is 3.13. The normalized spacial score (nSPS) is 16.5. The van der Waals surface area contributed by atoms with Crippen molar-refractivity contribution in [1.29, 1.82) is 0 Å². The van der Waals surface area contributed by atoms with Gasteiger partial charge in [0.1, 0.15) is 0 Å². The molecule has 0 spiro atoms. The molecule has 0 aromatic rings. The molecule has 0 saturated heterocycles. The molecule has 0 aromatic carbocycles. The summed E-state index contributed by atoms with van der Waals surface area (Å²) in [4.78, 5) is 2.33. The summed E-state index contributed by atoms with van der Waals surface area (Å²) in [6.07, 6.45) is 0. The quantitative estimate of drug-likeness (QED) is 0.656. The Hall–Kier alpha value is 0.400. The second-order valence-electron chi connectivity index (χ2n) is 3.50. The molecular weight excluding hydrogens is 218 g/mol. The summed E-state index contributed by atoms with van der Waals surface area (Å²) in [7, 11) is 3.89. The van der Waals surface area contributed by atoms with Crippen LogP contribution in [0.4, 0.5) is 0 Å². The van der Waals surface area contributed by atoms with Gasteiger partial charge in [-0.05, 0) is 19.9 Å². The van der Waals surface area contributed by atoms with E-state index in [0.717, 1.165) is 18.5 Å². The number of hydrogen-bond donors (Lipinski definition) is 0. The Morgan fingerprint density at radius 1 is 1.42 bits per heavy atom. The summed E-state index contributed by atoms with van der Waals surface area (Å²) in [5.74, 6) is 0.703. The van der Waals surface area contributed by atoms with Crippen LogP contribution in [0.5, 0.6) is 0 Å². The molecule has 0 amide bonds. The average molecular weight is 238 g/mol. The van der Waals surface area contributed by atoms with E-state index >= 15 is 0 Å². The topological polar surface area (TPSA) is 12.5 Å². The molecule has 12 heavy (non-hydrogen) atoms. The molecule has 0 bridgehead atoms. The van der Waals surface area contributed by atoms with Gasteiger partial charge >= 0.3 is 0 Å². The highest BCUT2D eigenvalue weighted by atomic mass is 79.9. The minimum Gasteiger partial charge on any atom is -0.383 e. The molecule has 3 heteroatoms. The van der Waals surface area contributed by atoms with Gasteiger partial charge in [0.05, 0.1) is 6.61 Å². The highest BCUT2D eigenvalue weighted by Gasteiger charge is 2.11. The Labute approximate surface area is 84.4 Å². The van der Waals surface area contributed by atoms with Gasteiger partial charge in [0.15, 0.2) is 0 Å². The Morgan fingerprint density at radius 3 is 2.42 bits per heavy atom. The maximum atomic E-state index is 5.09. The van der Waals surface area contributed by atoms with Gasteiger partial charge in [-0.25, -0.2) is 0 Å². The molecule has 0 aliphatic rings. The lowest BCUT2D eigenvalue weighted by atomic mass is 10.2. The van der Waals surface area contributed by atoms with Crippen molar-refractivity contribution >= 4 is 15.9 Å². The second-order valence-corrected chi connectivity index (χ2v) is 4.15. The van der Waals surface area contributed by atoms with E-state index in [4.69, 9.17) is 4.74 Å². The van der Waals surface area contributed by atoms with E-state index in [-0.39, 0.29) is 0 Å². The van der Waals surface area contributed by atoms with Gasteiger partial charge in [-0.3, -0.25) is 0 Å². The molecule has 0 N–H and O–H groups in total. The summed E-state index contributed by atoms with van der Waals surface area (Å²) in [6, 6.07) is 0.511. The fourth-order valence-corrected chi connectivity index (χ4v) is 1.29. The predicted octanol–water partition coefficient (Wildman–Crippen LogP) is 1.98. The van der Waals surface area contributed by atoms with E-state index in [1.54, 1.807) is 7.11 Å². The van der Waals surface area contributed by atoms with Crippen LogP contribution in [0.15, 0.2) is 0 Å². The molecular formula is C9H20BrNO. The first-order chi connectivity index (χ1) is 5.61. The number of nitrogens with zero attached hydrogens (tertiary/aromatic N) is 1. The maximum absolute atomic E-state index is 5.09. The minimum absolute atomic E-state index is 0.511. The third-order valence-electron chi connectivity index (χ3n) is 2.02. The van der Waals surface area contributed by atoms with Crippen molar-refractivity contribution in [2.45, 2.75) is 19.9 Å². The van der Waals surface area contributed by atoms with Crippen molar-refractivity contribution in [3.63, 3.8) is 0 Å². The Morgan fingerprint density at radius 2 is 2.00 bits per heavy atom. The largest absolute Gasteiger partial charge is 0.383 e. The molecule has 0 rings (SSSR count). The SMILES string of the molecule is COCC(C)N(C)CC(C)CBr. The van der Waals surface area contributed by atoms with Crippen LogP contribution in [-0.2, 0) is 4.74 Å². The lowest BCUT2D eigenvalue weighted by molar-refractivity contribution is 0.109. The van der Waals surface area contributed by atoms with Gasteiger partial charge in [-0.15, -0.1) is 0 Å². The first-order valence-corrected chi connectivity index (χ1v) is 5.49. The summed E-state index contributed by atoms with van der Waals surface area (Å²) >= 11 is 3.47. The van der Waals surface area contributed by atoms with Crippen LogP contribution in [0.1, 0.15) is 13.8 Å². The molecule has 0 aliphatic heterocycles. The first-order valence-electron chi connectivity index (χ1n) is 4.37. The number of methoxy groups -OCH3 is 1. The molecule has 2 atom stereocenters. The van der Waals surface area contributed by atoms with E-state index in [9.17, 15) is 0 Å². The molecule has 0 heterocycles. The fraction of sp³-hybridized carbons (Fsp3) is 1.00. The molecule has 0 aromatic heterocycles. The number of alkyl halides is 1. The van der Waals surface area contributed by atoms with Crippen LogP contribution in [0.3, 0.4) is 0 Å². The molecule has 0 fully saturated rings. The van der Waals surface area contributed by atoms with Crippen molar-refractivity contribution in [2.24, 2.45) is 5.92 Å². The lowest BCUT2D eigenvalue weighted by Crippen LogP contribution is -2.36. The number of hydrogen-bond acceptors (Lipinski definition) is 2. The highest BCUT2D eigenvalue weighted by Crippen LogP contribution is 2.05. The van der Waals surface area contributed by atoms with Crippen LogP contribution in [0.25, 0.3) is 0 Å². The smallest absolute Gasteiger partial charge is 0.0615 e. The van der Waals surface area contributed by atoms with Crippen molar-refractivity contribution in [1.82, 2.24) is 4.90 Å².